The predicted octanol–water partition coefficient (Wildman–Crippen LogP) is 6.50. The number of rotatable bonds is 7. The van der Waals surface area contributed by atoms with E-state index in [1.165, 1.54) is 10.6 Å². The highest BCUT2D eigenvalue weighted by molar-refractivity contribution is 7.92. The lowest BCUT2D eigenvalue weighted by Gasteiger charge is -2.31. The van der Waals surface area contributed by atoms with Crippen LogP contribution in [0.2, 0.25) is 0 Å². The number of nitro groups is 1. The summed E-state index contributed by atoms with van der Waals surface area (Å²) in [4.78, 5) is 45.4. The minimum absolute atomic E-state index is 0.0558. The van der Waals surface area contributed by atoms with Crippen LogP contribution in [-0.2, 0) is 38.3 Å². The highest BCUT2D eigenvalue weighted by Gasteiger charge is 2.45. The van der Waals surface area contributed by atoms with E-state index in [1.54, 1.807) is 56.5 Å². The number of non-ortho nitro benzene ring substituents is 1. The van der Waals surface area contributed by atoms with E-state index in [4.69, 9.17) is 14.5 Å². The quantitative estimate of drug-likeness (QED) is 0.0686. The standard InChI is InChI=1S/C21H19N3O3S.C20H15N3O6/c1-27-20-13-14(24-28(2,25)26)11-12-19(20)23-21-15-7-3-5-9-17(15)22-18-10-6-4-8-16(18)21;1-2-20(26)13-7-16-17-10(8-22(16)18(24)12(13)9-29-19(20)25)6-11-14(21-17)4-3-5-15(11)23(27)28/h3-13,24H,1-2H3,(H,22,23);3-7,26H,2,8-9H2,1H3/t;20-/m.0/s1. The van der Waals surface area contributed by atoms with Gasteiger partial charge in [-0.3, -0.25) is 19.6 Å². The summed E-state index contributed by atoms with van der Waals surface area (Å²) in [5.41, 5.74) is 4.10. The predicted molar refractivity (Wildman–Crippen MR) is 215 cm³/mol. The maximum Gasteiger partial charge on any atom is 0.343 e. The minimum atomic E-state index is -3.37. The third-order valence-corrected chi connectivity index (χ3v) is 10.7. The molecule has 1 atom stereocenters. The molecule has 0 spiro atoms. The van der Waals surface area contributed by atoms with Crippen LogP contribution < -0.4 is 20.3 Å². The van der Waals surface area contributed by atoms with Gasteiger partial charge < -0.3 is 24.5 Å². The maximum atomic E-state index is 13.1. The van der Waals surface area contributed by atoms with Gasteiger partial charge >= 0.3 is 5.97 Å². The lowest BCUT2D eigenvalue weighted by molar-refractivity contribution is -0.383. The third-order valence-electron chi connectivity index (χ3n) is 10.1. The zero-order valence-electron chi connectivity index (χ0n) is 30.8. The van der Waals surface area contributed by atoms with Gasteiger partial charge in [0.1, 0.15) is 12.4 Å². The molecule has 2 aliphatic heterocycles. The van der Waals surface area contributed by atoms with Gasteiger partial charge in [0.05, 0.1) is 80.8 Å². The molecule has 57 heavy (non-hydrogen) atoms. The van der Waals surface area contributed by atoms with Crippen molar-refractivity contribution in [3.63, 3.8) is 0 Å². The Bertz CT molecular complexity index is 2950. The number of aliphatic hydroxyl groups is 1. The minimum Gasteiger partial charge on any atom is -0.494 e. The number of hydrogen-bond acceptors (Lipinski definition) is 12. The number of para-hydroxylation sites is 2. The Morgan fingerprint density at radius 3 is 2.25 bits per heavy atom. The first-order valence-corrected chi connectivity index (χ1v) is 19.6. The summed E-state index contributed by atoms with van der Waals surface area (Å²) in [6.45, 7) is 1.64. The first-order valence-electron chi connectivity index (χ1n) is 17.7. The first-order chi connectivity index (χ1) is 27.3. The molecule has 0 bridgehead atoms. The molecule has 288 valence electrons. The van der Waals surface area contributed by atoms with Crippen LogP contribution in [0.4, 0.5) is 22.7 Å². The molecule has 3 aromatic heterocycles. The Morgan fingerprint density at radius 2 is 1.60 bits per heavy atom. The number of anilines is 3. The summed E-state index contributed by atoms with van der Waals surface area (Å²) >= 11 is 0. The van der Waals surface area contributed by atoms with Gasteiger partial charge in [-0.05, 0) is 48.9 Å². The van der Waals surface area contributed by atoms with E-state index in [0.29, 0.717) is 39.3 Å². The molecule has 4 aromatic carbocycles. The average molecular weight is 787 g/mol. The van der Waals surface area contributed by atoms with Gasteiger partial charge in [-0.25, -0.2) is 23.2 Å². The molecule has 0 fully saturated rings. The second-order valence-corrected chi connectivity index (χ2v) is 15.4. The van der Waals surface area contributed by atoms with E-state index >= 15 is 0 Å². The van der Waals surface area contributed by atoms with Gasteiger partial charge in [0, 0.05) is 34.0 Å². The van der Waals surface area contributed by atoms with E-state index in [0.717, 1.165) is 39.4 Å². The zero-order chi connectivity index (χ0) is 40.2. The van der Waals surface area contributed by atoms with Gasteiger partial charge in [-0.1, -0.05) is 49.4 Å². The highest BCUT2D eigenvalue weighted by Crippen LogP contribution is 2.40. The number of nitro benzene ring substituents is 1. The van der Waals surface area contributed by atoms with Crippen molar-refractivity contribution >= 4 is 71.5 Å². The number of pyridine rings is 3. The summed E-state index contributed by atoms with van der Waals surface area (Å²) in [6.07, 6.45) is 1.17. The van der Waals surface area contributed by atoms with Crippen LogP contribution in [0.1, 0.15) is 30.0 Å². The molecule has 16 heteroatoms. The van der Waals surface area contributed by atoms with Crippen LogP contribution in [-0.4, -0.2) is 52.3 Å². The lowest BCUT2D eigenvalue weighted by Crippen LogP contribution is -2.44. The van der Waals surface area contributed by atoms with E-state index < -0.39 is 26.5 Å². The molecule has 15 nitrogen and oxygen atoms in total. The summed E-state index contributed by atoms with van der Waals surface area (Å²) in [6, 6.07) is 28.9. The number of nitrogens with one attached hydrogen (secondary N) is 2. The Kier molecular flexibility index (Phi) is 9.09. The number of benzene rings is 4. The van der Waals surface area contributed by atoms with E-state index in [2.05, 4.69) is 15.0 Å². The number of methoxy groups -OCH3 is 1. The number of aromatic nitrogens is 3. The van der Waals surface area contributed by atoms with Crippen LogP contribution >= 0.6 is 0 Å². The normalized spacial score (nSPS) is 15.5. The van der Waals surface area contributed by atoms with Crippen LogP contribution in [0.25, 0.3) is 44.1 Å². The van der Waals surface area contributed by atoms with Crippen molar-refractivity contribution in [1.29, 1.82) is 0 Å². The van der Waals surface area contributed by atoms with E-state index in [-0.39, 0.29) is 41.9 Å². The average Bonchev–Trinajstić information content (AvgIpc) is 3.56. The van der Waals surface area contributed by atoms with Gasteiger partial charge in [0.25, 0.3) is 11.2 Å². The summed E-state index contributed by atoms with van der Waals surface area (Å²) in [5, 5.41) is 28.0. The number of ether oxygens (including phenoxy) is 2. The molecule has 0 amide bonds. The fraction of sp³-hybridized carbons (Fsp3) is 0.171. The molecule has 0 aliphatic carbocycles. The van der Waals surface area contributed by atoms with Crippen LogP contribution in [0.3, 0.4) is 0 Å². The van der Waals surface area contributed by atoms with Crippen molar-refractivity contribution in [2.75, 3.05) is 23.4 Å². The van der Waals surface area contributed by atoms with Gasteiger partial charge in [-0.15, -0.1) is 0 Å². The first kappa shape index (κ1) is 37.0. The second kappa shape index (κ2) is 14.0. The van der Waals surface area contributed by atoms with Crippen molar-refractivity contribution in [2.24, 2.45) is 0 Å². The maximum absolute atomic E-state index is 13.1. The van der Waals surface area contributed by atoms with Crippen molar-refractivity contribution in [1.82, 2.24) is 14.5 Å². The number of sulfonamides is 1. The molecular weight excluding hydrogens is 753 g/mol. The number of cyclic esters (lactones) is 1. The number of hydrogen-bond donors (Lipinski definition) is 3. The fourth-order valence-electron chi connectivity index (χ4n) is 7.33. The summed E-state index contributed by atoms with van der Waals surface area (Å²) in [7, 11) is -1.82. The number of nitrogens with zero attached hydrogens (tertiary/aromatic N) is 4. The number of fused-ring (bicyclic) bond motifs is 7. The van der Waals surface area contributed by atoms with Crippen LogP contribution in [0, 0.1) is 10.1 Å². The largest absolute Gasteiger partial charge is 0.494 e. The Labute approximate surface area is 324 Å². The smallest absolute Gasteiger partial charge is 0.343 e. The van der Waals surface area contributed by atoms with Gasteiger partial charge in [-0.2, -0.15) is 0 Å². The Balaban J connectivity index is 0.000000160. The van der Waals surface area contributed by atoms with Crippen molar-refractivity contribution in [3.05, 3.63) is 134 Å². The molecular formula is C41H34N6O9S. The Hall–Kier alpha value is -6.91. The molecule has 0 saturated heterocycles. The molecule has 3 N–H and O–H groups in total. The second-order valence-electron chi connectivity index (χ2n) is 13.6. The Morgan fingerprint density at radius 1 is 0.930 bits per heavy atom. The van der Waals surface area contributed by atoms with E-state index in [9.17, 15) is 33.2 Å². The highest BCUT2D eigenvalue weighted by atomic mass is 32.2. The summed E-state index contributed by atoms with van der Waals surface area (Å²) in [5.74, 6) is -0.254. The van der Waals surface area contributed by atoms with Gasteiger partial charge in [0.2, 0.25) is 10.0 Å². The SMILES string of the molecule is CC[C@@]1(O)C(=O)OCc2c1cc1n(c2=O)Cc2cc3c([N+](=O)[O-])cccc3nc2-1.COc1cc(NS(C)(=O)=O)ccc1Nc1c2ccccc2nc2ccccc12. The van der Waals surface area contributed by atoms with Crippen LogP contribution in [0.15, 0.2) is 102 Å². The number of carbonyl (C=O) groups excluding carboxylic acids is 1. The molecule has 0 saturated carbocycles. The van der Waals surface area contributed by atoms with Crippen molar-refractivity contribution < 1.29 is 32.7 Å². The lowest BCUT2D eigenvalue weighted by atomic mass is 9.86. The zero-order valence-corrected chi connectivity index (χ0v) is 31.6. The number of esters is 1. The molecule has 7 aromatic rings. The topological polar surface area (TPSA) is 205 Å². The van der Waals surface area contributed by atoms with Crippen LogP contribution in [0.5, 0.6) is 5.75 Å². The van der Waals surface area contributed by atoms with Gasteiger partial charge in [0.15, 0.2) is 5.60 Å². The monoisotopic (exact) mass is 786 g/mol. The molecule has 2 aliphatic rings. The molecule has 0 radical (unpaired) electrons. The third kappa shape index (κ3) is 6.53. The molecule has 0 unspecified atom stereocenters. The summed E-state index contributed by atoms with van der Waals surface area (Å²) < 4.78 is 37.5. The molecule has 5 heterocycles. The molecule has 9 rings (SSSR count). The van der Waals surface area contributed by atoms with Crippen molar-refractivity contribution in [2.45, 2.75) is 32.1 Å². The van der Waals surface area contributed by atoms with Crippen molar-refractivity contribution in [3.8, 4) is 17.1 Å². The number of carbonyl (C=O) groups is 1. The van der Waals surface area contributed by atoms with E-state index in [1.807, 2.05) is 48.5 Å². The fourth-order valence-corrected chi connectivity index (χ4v) is 7.88.